The van der Waals surface area contributed by atoms with E-state index in [9.17, 15) is 8.42 Å². The highest BCUT2D eigenvalue weighted by atomic mass is 32.2. The summed E-state index contributed by atoms with van der Waals surface area (Å²) in [5.41, 5.74) is 4.24. The summed E-state index contributed by atoms with van der Waals surface area (Å²) in [5, 5.41) is 6.65. The zero-order valence-electron chi connectivity index (χ0n) is 13.0. The first-order chi connectivity index (χ1) is 9.72. The fraction of sp³-hybridized carbons (Fsp3) is 0.400. The fourth-order valence-corrected chi connectivity index (χ4v) is 4.20. The van der Waals surface area contributed by atoms with Crippen LogP contribution in [0.5, 0.6) is 0 Å². The van der Waals surface area contributed by atoms with Gasteiger partial charge in [0.1, 0.15) is 4.90 Å². The summed E-state index contributed by atoms with van der Waals surface area (Å²) in [6.45, 7) is 9.24. The van der Waals surface area contributed by atoms with Crippen molar-refractivity contribution in [2.24, 2.45) is 0 Å². The molecule has 0 radical (unpaired) electrons. The molecule has 2 aromatic rings. The van der Waals surface area contributed by atoms with E-state index in [1.165, 1.54) is 0 Å². The van der Waals surface area contributed by atoms with Gasteiger partial charge in [-0.25, -0.2) is 13.1 Å². The zero-order valence-corrected chi connectivity index (χ0v) is 13.8. The van der Waals surface area contributed by atoms with Crippen LogP contribution in [0.15, 0.2) is 23.1 Å². The van der Waals surface area contributed by atoms with Crippen molar-refractivity contribution in [2.45, 2.75) is 45.6 Å². The van der Waals surface area contributed by atoms with Gasteiger partial charge < -0.3 is 0 Å². The molecule has 2 N–H and O–H groups in total. The third-order valence-corrected chi connectivity index (χ3v) is 5.36. The number of sulfonamides is 1. The maximum Gasteiger partial charge on any atom is 0.244 e. The normalized spacial score (nSPS) is 13.4. The van der Waals surface area contributed by atoms with E-state index >= 15 is 0 Å². The van der Waals surface area contributed by atoms with Gasteiger partial charge in [0, 0.05) is 6.04 Å². The number of rotatable bonds is 4. The predicted octanol–water partition coefficient (Wildman–Crippen LogP) is 2.68. The number of aromatic amines is 1. The van der Waals surface area contributed by atoms with Crippen LogP contribution >= 0.6 is 0 Å². The van der Waals surface area contributed by atoms with E-state index in [1.54, 1.807) is 13.8 Å². The van der Waals surface area contributed by atoms with Crippen molar-refractivity contribution in [3.8, 4) is 0 Å². The molecule has 0 bridgehead atoms. The topological polar surface area (TPSA) is 74.8 Å². The lowest BCUT2D eigenvalue weighted by atomic mass is 10.0. The Bertz CT molecular complexity index is 744. The Balaban J connectivity index is 2.32. The van der Waals surface area contributed by atoms with Crippen LogP contribution in [0.1, 0.15) is 41.0 Å². The monoisotopic (exact) mass is 307 g/mol. The second-order valence-electron chi connectivity index (χ2n) is 5.47. The Kier molecular flexibility index (Phi) is 4.20. The predicted molar refractivity (Wildman–Crippen MR) is 82.7 cm³/mol. The van der Waals surface area contributed by atoms with E-state index in [0.717, 1.165) is 16.7 Å². The maximum absolute atomic E-state index is 12.5. The standard InChI is InChI=1S/C15H21N3O2S/c1-9-6-7-14(10(2)8-9)11(3)18-21(19,20)15-12(4)16-17-13(15)5/h6-8,11,18H,1-5H3,(H,16,17). The molecule has 1 unspecified atom stereocenters. The summed E-state index contributed by atoms with van der Waals surface area (Å²) in [6.07, 6.45) is 0. The van der Waals surface area contributed by atoms with Crippen molar-refractivity contribution in [3.63, 3.8) is 0 Å². The minimum absolute atomic E-state index is 0.235. The quantitative estimate of drug-likeness (QED) is 0.912. The van der Waals surface area contributed by atoms with Crippen molar-refractivity contribution in [1.82, 2.24) is 14.9 Å². The van der Waals surface area contributed by atoms with E-state index in [0.29, 0.717) is 11.4 Å². The Hall–Kier alpha value is -1.66. The Labute approximate surface area is 125 Å². The maximum atomic E-state index is 12.5. The van der Waals surface area contributed by atoms with Crippen molar-refractivity contribution in [1.29, 1.82) is 0 Å². The molecule has 1 atom stereocenters. The average Bonchev–Trinajstić information content (AvgIpc) is 2.68. The van der Waals surface area contributed by atoms with Gasteiger partial charge in [-0.1, -0.05) is 23.8 Å². The number of hydrogen-bond acceptors (Lipinski definition) is 3. The molecule has 0 aliphatic heterocycles. The number of nitrogens with one attached hydrogen (secondary N) is 2. The first-order valence-electron chi connectivity index (χ1n) is 6.83. The van der Waals surface area contributed by atoms with E-state index in [-0.39, 0.29) is 10.9 Å². The smallest absolute Gasteiger partial charge is 0.244 e. The van der Waals surface area contributed by atoms with Gasteiger partial charge in [-0.2, -0.15) is 5.10 Å². The number of nitrogens with zero attached hydrogens (tertiary/aromatic N) is 1. The summed E-state index contributed by atoms with van der Waals surface area (Å²) in [5.74, 6) is 0. The van der Waals surface area contributed by atoms with Gasteiger partial charge in [0.25, 0.3) is 0 Å². The molecule has 2 rings (SSSR count). The van der Waals surface area contributed by atoms with Crippen LogP contribution in [0.3, 0.4) is 0 Å². The Morgan fingerprint density at radius 1 is 1.19 bits per heavy atom. The molecule has 0 amide bonds. The minimum atomic E-state index is -3.60. The third-order valence-electron chi connectivity index (χ3n) is 3.55. The van der Waals surface area contributed by atoms with Crippen LogP contribution in [0.25, 0.3) is 0 Å². The first kappa shape index (κ1) is 15.7. The molecule has 6 heteroatoms. The van der Waals surface area contributed by atoms with E-state index in [1.807, 2.05) is 32.9 Å². The minimum Gasteiger partial charge on any atom is -0.281 e. The lowest BCUT2D eigenvalue weighted by Crippen LogP contribution is -2.28. The highest BCUT2D eigenvalue weighted by Crippen LogP contribution is 2.23. The lowest BCUT2D eigenvalue weighted by molar-refractivity contribution is 0.565. The largest absolute Gasteiger partial charge is 0.281 e. The summed E-state index contributed by atoms with van der Waals surface area (Å²) in [4.78, 5) is 0.235. The summed E-state index contributed by atoms with van der Waals surface area (Å²) >= 11 is 0. The number of aryl methyl sites for hydroxylation is 4. The molecular weight excluding hydrogens is 286 g/mol. The van der Waals surface area contributed by atoms with Crippen molar-refractivity contribution < 1.29 is 8.42 Å². The SMILES string of the molecule is Cc1ccc(C(C)NS(=O)(=O)c2c(C)n[nH]c2C)c(C)c1. The summed E-state index contributed by atoms with van der Waals surface area (Å²) in [6, 6.07) is 5.70. The molecule has 0 fully saturated rings. The molecule has 21 heavy (non-hydrogen) atoms. The lowest BCUT2D eigenvalue weighted by Gasteiger charge is -2.17. The third kappa shape index (κ3) is 3.16. The van der Waals surface area contributed by atoms with E-state index < -0.39 is 10.0 Å². The van der Waals surface area contributed by atoms with Gasteiger partial charge in [-0.15, -0.1) is 0 Å². The van der Waals surface area contributed by atoms with Gasteiger partial charge in [0.15, 0.2) is 0 Å². The highest BCUT2D eigenvalue weighted by molar-refractivity contribution is 7.89. The highest BCUT2D eigenvalue weighted by Gasteiger charge is 2.25. The zero-order chi connectivity index (χ0) is 15.8. The number of benzene rings is 1. The molecule has 5 nitrogen and oxygen atoms in total. The van der Waals surface area contributed by atoms with Gasteiger partial charge in [-0.3, -0.25) is 5.10 Å². The van der Waals surface area contributed by atoms with E-state index in [2.05, 4.69) is 21.0 Å². The molecule has 1 aromatic heterocycles. The Morgan fingerprint density at radius 3 is 2.38 bits per heavy atom. The van der Waals surface area contributed by atoms with Gasteiger partial charge in [-0.05, 0) is 45.7 Å². The fourth-order valence-electron chi connectivity index (χ4n) is 2.60. The molecule has 114 valence electrons. The number of hydrogen-bond donors (Lipinski definition) is 2. The number of aromatic nitrogens is 2. The average molecular weight is 307 g/mol. The molecule has 0 saturated carbocycles. The second kappa shape index (κ2) is 5.61. The molecular formula is C15H21N3O2S. The van der Waals surface area contributed by atoms with Gasteiger partial charge in [0.05, 0.1) is 11.4 Å². The van der Waals surface area contributed by atoms with Crippen LogP contribution in [0.4, 0.5) is 0 Å². The van der Waals surface area contributed by atoms with Crippen LogP contribution in [-0.4, -0.2) is 18.6 Å². The Morgan fingerprint density at radius 2 is 1.86 bits per heavy atom. The van der Waals surface area contributed by atoms with Gasteiger partial charge in [0.2, 0.25) is 10.0 Å². The number of H-pyrrole nitrogens is 1. The molecule has 0 aliphatic rings. The van der Waals surface area contributed by atoms with E-state index in [4.69, 9.17) is 0 Å². The second-order valence-corrected chi connectivity index (χ2v) is 7.12. The molecule has 0 aliphatic carbocycles. The molecule has 1 aromatic carbocycles. The van der Waals surface area contributed by atoms with Crippen molar-refractivity contribution in [3.05, 3.63) is 46.3 Å². The first-order valence-corrected chi connectivity index (χ1v) is 8.31. The molecule has 1 heterocycles. The summed E-state index contributed by atoms with van der Waals surface area (Å²) < 4.78 is 27.8. The van der Waals surface area contributed by atoms with Gasteiger partial charge >= 0.3 is 0 Å². The van der Waals surface area contributed by atoms with Crippen LogP contribution in [0.2, 0.25) is 0 Å². The molecule has 0 spiro atoms. The van der Waals surface area contributed by atoms with Crippen LogP contribution < -0.4 is 4.72 Å². The van der Waals surface area contributed by atoms with Crippen LogP contribution in [-0.2, 0) is 10.0 Å². The van der Waals surface area contributed by atoms with Crippen molar-refractivity contribution in [2.75, 3.05) is 0 Å². The van der Waals surface area contributed by atoms with Crippen molar-refractivity contribution >= 4 is 10.0 Å². The van der Waals surface area contributed by atoms with Crippen LogP contribution in [0, 0.1) is 27.7 Å². The molecule has 0 saturated heterocycles. The summed E-state index contributed by atoms with van der Waals surface area (Å²) in [7, 11) is -3.60.